The Labute approximate surface area is 106 Å². The molecule has 94 valence electrons. The second-order valence-electron chi connectivity index (χ2n) is 4.61. The van der Waals surface area contributed by atoms with Crippen LogP contribution in [0.15, 0.2) is 23.9 Å². The van der Waals surface area contributed by atoms with Gasteiger partial charge >= 0.3 is 0 Å². The lowest BCUT2D eigenvalue weighted by molar-refractivity contribution is -0.115. The fourth-order valence-electron chi connectivity index (χ4n) is 1.94. The summed E-state index contributed by atoms with van der Waals surface area (Å²) in [5, 5.41) is 5.99. The average molecular weight is 244 g/mol. The number of rotatable bonds is 1. The van der Waals surface area contributed by atoms with E-state index in [1.807, 2.05) is 26.0 Å². The van der Waals surface area contributed by atoms with Gasteiger partial charge in [-0.1, -0.05) is 0 Å². The van der Waals surface area contributed by atoms with Gasteiger partial charge in [0.1, 0.15) is 0 Å². The predicted octanol–water partition coefficient (Wildman–Crippen LogP) is 2.53. The predicted molar refractivity (Wildman–Crippen MR) is 71.5 cm³/mol. The molecule has 1 aliphatic rings. The number of aryl methyl sites for hydroxylation is 2. The Balaban J connectivity index is 2.46. The number of anilines is 2. The smallest absolute Gasteiger partial charge is 0.230 e. The van der Waals surface area contributed by atoms with E-state index in [9.17, 15) is 9.59 Å². The molecule has 4 heteroatoms. The van der Waals surface area contributed by atoms with Gasteiger partial charge in [-0.3, -0.25) is 9.59 Å². The Kier molecular flexibility index (Phi) is 3.19. The van der Waals surface area contributed by atoms with E-state index in [-0.39, 0.29) is 18.1 Å². The monoisotopic (exact) mass is 244 g/mol. The van der Waals surface area contributed by atoms with Crippen molar-refractivity contribution in [1.29, 1.82) is 0 Å². The van der Waals surface area contributed by atoms with Gasteiger partial charge in [-0.2, -0.15) is 0 Å². The molecular formula is C14H16N2O2. The van der Waals surface area contributed by atoms with Crippen LogP contribution < -0.4 is 10.6 Å². The summed E-state index contributed by atoms with van der Waals surface area (Å²) in [6.07, 6.45) is 1.65. The summed E-state index contributed by atoms with van der Waals surface area (Å²) in [6, 6.07) is 3.91. The lowest BCUT2D eigenvalue weighted by Gasteiger charge is -2.11. The highest BCUT2D eigenvalue weighted by Gasteiger charge is 2.16. The molecule has 0 bridgehead atoms. The highest BCUT2D eigenvalue weighted by Crippen LogP contribution is 2.30. The van der Waals surface area contributed by atoms with Crippen molar-refractivity contribution >= 4 is 23.1 Å². The quantitative estimate of drug-likeness (QED) is 0.746. The molecule has 1 aromatic carbocycles. The highest BCUT2D eigenvalue weighted by molar-refractivity contribution is 6.00. The van der Waals surface area contributed by atoms with Gasteiger partial charge < -0.3 is 10.6 Å². The Morgan fingerprint density at radius 2 is 1.72 bits per heavy atom. The molecule has 0 fully saturated rings. The molecule has 4 nitrogen and oxygen atoms in total. The standard InChI is InChI=1S/C14H16N2O2/c1-8-4-12-13(5-9(8)2)16-14(18)7-11(15-12)6-10(3)17/h4-6,15H,7H2,1-3H3,(H,16,18)/b11-6-. The van der Waals surface area contributed by atoms with Crippen LogP contribution in [0.5, 0.6) is 0 Å². The van der Waals surface area contributed by atoms with Gasteiger partial charge in [0.2, 0.25) is 5.91 Å². The van der Waals surface area contributed by atoms with Crippen LogP contribution in [0.2, 0.25) is 0 Å². The van der Waals surface area contributed by atoms with Crippen molar-refractivity contribution in [3.8, 4) is 0 Å². The minimum atomic E-state index is -0.114. The normalized spacial score (nSPS) is 16.6. The number of allylic oxidation sites excluding steroid dienone is 1. The third-order valence-corrected chi connectivity index (χ3v) is 2.93. The number of amides is 1. The largest absolute Gasteiger partial charge is 0.357 e. The molecule has 0 saturated carbocycles. The summed E-state index contributed by atoms with van der Waals surface area (Å²) in [7, 11) is 0. The molecule has 0 saturated heterocycles. The van der Waals surface area contributed by atoms with Gasteiger partial charge in [-0.25, -0.2) is 0 Å². The van der Waals surface area contributed by atoms with E-state index in [1.165, 1.54) is 13.0 Å². The van der Waals surface area contributed by atoms with Crippen molar-refractivity contribution in [3.63, 3.8) is 0 Å². The Morgan fingerprint density at radius 3 is 2.28 bits per heavy atom. The average Bonchev–Trinajstić information content (AvgIpc) is 2.36. The van der Waals surface area contributed by atoms with Crippen molar-refractivity contribution in [2.75, 3.05) is 10.6 Å². The fraction of sp³-hybridized carbons (Fsp3) is 0.286. The first kappa shape index (κ1) is 12.4. The van der Waals surface area contributed by atoms with Crippen LogP contribution in [-0.4, -0.2) is 11.7 Å². The Morgan fingerprint density at radius 1 is 1.17 bits per heavy atom. The Bertz CT molecular complexity index is 559. The third-order valence-electron chi connectivity index (χ3n) is 2.93. The summed E-state index contributed by atoms with van der Waals surface area (Å²) in [5.74, 6) is -0.186. The highest BCUT2D eigenvalue weighted by atomic mass is 16.1. The van der Waals surface area contributed by atoms with E-state index in [4.69, 9.17) is 0 Å². The first-order valence-corrected chi connectivity index (χ1v) is 5.85. The zero-order valence-corrected chi connectivity index (χ0v) is 10.8. The fourth-order valence-corrected chi connectivity index (χ4v) is 1.94. The third kappa shape index (κ3) is 2.59. The van der Waals surface area contributed by atoms with Gasteiger partial charge in [0.25, 0.3) is 0 Å². The van der Waals surface area contributed by atoms with Gasteiger partial charge in [0.15, 0.2) is 5.78 Å². The number of ketones is 1. The summed E-state index contributed by atoms with van der Waals surface area (Å²) in [6.45, 7) is 5.48. The second kappa shape index (κ2) is 4.64. The molecule has 0 aliphatic carbocycles. The minimum Gasteiger partial charge on any atom is -0.357 e. The van der Waals surface area contributed by atoms with E-state index in [0.29, 0.717) is 5.70 Å². The molecule has 18 heavy (non-hydrogen) atoms. The van der Waals surface area contributed by atoms with Gasteiger partial charge in [-0.15, -0.1) is 0 Å². The van der Waals surface area contributed by atoms with E-state index >= 15 is 0 Å². The molecular weight excluding hydrogens is 228 g/mol. The molecule has 0 aromatic heterocycles. The zero-order valence-electron chi connectivity index (χ0n) is 10.8. The SMILES string of the molecule is CC(=O)/C=C1/CC(=O)Nc2cc(C)c(C)cc2N1. The van der Waals surface area contributed by atoms with Crippen LogP contribution in [0.4, 0.5) is 11.4 Å². The summed E-state index contributed by atoms with van der Waals surface area (Å²) in [4.78, 5) is 22.8. The minimum absolute atomic E-state index is 0.0717. The van der Waals surface area contributed by atoms with Crippen LogP contribution >= 0.6 is 0 Å². The molecule has 0 radical (unpaired) electrons. The maximum atomic E-state index is 11.7. The molecule has 0 unspecified atom stereocenters. The van der Waals surface area contributed by atoms with E-state index in [2.05, 4.69) is 10.6 Å². The number of fused-ring (bicyclic) bond motifs is 1. The number of benzene rings is 1. The summed E-state index contributed by atoms with van der Waals surface area (Å²) < 4.78 is 0. The van der Waals surface area contributed by atoms with Crippen LogP contribution in [0, 0.1) is 13.8 Å². The van der Waals surface area contributed by atoms with Gasteiger partial charge in [0.05, 0.1) is 17.8 Å². The van der Waals surface area contributed by atoms with Crippen LogP contribution in [-0.2, 0) is 9.59 Å². The second-order valence-corrected chi connectivity index (χ2v) is 4.61. The van der Waals surface area contributed by atoms with Gasteiger partial charge in [0, 0.05) is 11.8 Å². The maximum Gasteiger partial charge on any atom is 0.230 e. The Hall–Kier alpha value is -2.10. The lowest BCUT2D eigenvalue weighted by atomic mass is 10.1. The summed E-state index contributed by atoms with van der Waals surface area (Å²) in [5.41, 5.74) is 4.47. The van der Waals surface area contributed by atoms with Crippen molar-refractivity contribution < 1.29 is 9.59 Å². The molecule has 2 N–H and O–H groups in total. The van der Waals surface area contributed by atoms with Crippen LogP contribution in [0.1, 0.15) is 24.5 Å². The number of nitrogens with one attached hydrogen (secondary N) is 2. The molecule has 0 atom stereocenters. The molecule has 2 rings (SSSR count). The van der Waals surface area contributed by atoms with Crippen molar-refractivity contribution in [2.45, 2.75) is 27.2 Å². The zero-order chi connectivity index (χ0) is 13.3. The molecule has 1 amide bonds. The first-order chi connectivity index (χ1) is 8.45. The van der Waals surface area contributed by atoms with Crippen LogP contribution in [0.3, 0.4) is 0 Å². The lowest BCUT2D eigenvalue weighted by Crippen LogP contribution is -2.10. The number of carbonyl (C=O) groups excluding carboxylic acids is 2. The topological polar surface area (TPSA) is 58.2 Å². The summed E-state index contributed by atoms with van der Waals surface area (Å²) >= 11 is 0. The van der Waals surface area contributed by atoms with Crippen LogP contribution in [0.25, 0.3) is 0 Å². The number of hydrogen-bond acceptors (Lipinski definition) is 3. The van der Waals surface area contributed by atoms with Crippen molar-refractivity contribution in [3.05, 3.63) is 35.0 Å². The van der Waals surface area contributed by atoms with Crippen molar-refractivity contribution in [2.24, 2.45) is 0 Å². The van der Waals surface area contributed by atoms with Gasteiger partial charge in [-0.05, 0) is 44.0 Å². The molecule has 0 spiro atoms. The number of hydrogen-bond donors (Lipinski definition) is 2. The molecule has 1 heterocycles. The first-order valence-electron chi connectivity index (χ1n) is 5.85. The molecule has 1 aliphatic heterocycles. The number of carbonyl (C=O) groups is 2. The van der Waals surface area contributed by atoms with Crippen molar-refractivity contribution in [1.82, 2.24) is 0 Å². The van der Waals surface area contributed by atoms with E-state index in [1.54, 1.807) is 0 Å². The van der Waals surface area contributed by atoms with E-state index in [0.717, 1.165) is 22.5 Å². The maximum absolute atomic E-state index is 11.7. The molecule has 1 aromatic rings. The van der Waals surface area contributed by atoms with E-state index < -0.39 is 0 Å².